The van der Waals surface area contributed by atoms with Crippen LogP contribution < -0.4 is 0 Å². The summed E-state index contributed by atoms with van der Waals surface area (Å²) < 4.78 is 0. The average Bonchev–Trinajstić information content (AvgIpc) is 2.82. The molecule has 2 aromatic heterocycles. The molecule has 0 fully saturated rings. The van der Waals surface area contributed by atoms with E-state index in [2.05, 4.69) is 22.2 Å². The van der Waals surface area contributed by atoms with Gasteiger partial charge in [0.25, 0.3) is 0 Å². The van der Waals surface area contributed by atoms with Gasteiger partial charge >= 0.3 is 0 Å². The second kappa shape index (κ2) is 3.44. The van der Waals surface area contributed by atoms with Crippen LogP contribution in [-0.4, -0.2) is 9.97 Å². The molecule has 2 heterocycles. The number of rotatable bonds is 1. The van der Waals surface area contributed by atoms with Gasteiger partial charge in [-0.25, -0.2) is 9.97 Å². The van der Waals surface area contributed by atoms with E-state index in [1.807, 2.05) is 29.6 Å². The van der Waals surface area contributed by atoms with Crippen LogP contribution in [0.2, 0.25) is 0 Å². The van der Waals surface area contributed by atoms with Gasteiger partial charge in [-0.3, -0.25) is 0 Å². The molecule has 1 radical (unpaired) electrons. The number of para-hydroxylation sites is 1. The molecular weight excluding hydrogens is 204 g/mol. The molecule has 15 heavy (non-hydrogen) atoms. The van der Waals surface area contributed by atoms with Crippen LogP contribution in [-0.2, 0) is 0 Å². The van der Waals surface area contributed by atoms with E-state index in [4.69, 9.17) is 0 Å². The molecule has 0 amide bonds. The molecule has 3 aromatic rings. The van der Waals surface area contributed by atoms with E-state index in [0.29, 0.717) is 0 Å². The number of benzene rings is 1. The molecule has 0 aliphatic carbocycles. The Morgan fingerprint density at radius 2 is 2.13 bits per heavy atom. The maximum atomic E-state index is 4.28. The second-order valence-electron chi connectivity index (χ2n) is 3.18. The van der Waals surface area contributed by atoms with Crippen LogP contribution in [0, 0.1) is 6.20 Å². The molecule has 0 aliphatic heterocycles. The van der Waals surface area contributed by atoms with Crippen molar-refractivity contribution < 1.29 is 0 Å². The Hall–Kier alpha value is -1.74. The Kier molecular flexibility index (Phi) is 1.96. The Morgan fingerprint density at radius 1 is 1.20 bits per heavy atom. The number of pyridine rings is 1. The molecule has 2 nitrogen and oxygen atoms in total. The van der Waals surface area contributed by atoms with E-state index in [1.165, 1.54) is 0 Å². The highest BCUT2D eigenvalue weighted by Crippen LogP contribution is 2.23. The third-order valence-corrected chi connectivity index (χ3v) is 3.00. The molecule has 0 spiro atoms. The van der Waals surface area contributed by atoms with E-state index in [-0.39, 0.29) is 0 Å². The zero-order valence-electron chi connectivity index (χ0n) is 7.84. The fraction of sp³-hybridized carbons (Fsp3) is 0. The first kappa shape index (κ1) is 8.56. The fourth-order valence-corrected chi connectivity index (χ4v) is 2.09. The van der Waals surface area contributed by atoms with Crippen molar-refractivity contribution in [3.05, 3.63) is 48.1 Å². The number of thiazole rings is 1. The number of fused-ring (bicyclic) bond motifs is 1. The van der Waals surface area contributed by atoms with Gasteiger partial charge in [0.1, 0.15) is 11.2 Å². The van der Waals surface area contributed by atoms with Crippen molar-refractivity contribution in [1.29, 1.82) is 0 Å². The normalized spacial score (nSPS) is 10.7. The molecule has 0 saturated carbocycles. The summed E-state index contributed by atoms with van der Waals surface area (Å²) in [7, 11) is 0. The average molecular weight is 211 g/mol. The Bertz CT molecular complexity index is 587. The van der Waals surface area contributed by atoms with Gasteiger partial charge in [-0.1, -0.05) is 18.2 Å². The lowest BCUT2D eigenvalue weighted by molar-refractivity contribution is 1.35. The largest absolute Gasteiger partial charge is 0.245 e. The molecule has 0 aliphatic rings. The summed E-state index contributed by atoms with van der Waals surface area (Å²) in [5.74, 6) is 0. The van der Waals surface area contributed by atoms with Crippen LogP contribution in [0.3, 0.4) is 0 Å². The molecule has 0 bridgehead atoms. The first-order valence-corrected chi connectivity index (χ1v) is 5.49. The number of hydrogen-bond donors (Lipinski definition) is 0. The van der Waals surface area contributed by atoms with E-state index < -0.39 is 0 Å². The van der Waals surface area contributed by atoms with Crippen LogP contribution in [0.15, 0.2) is 41.9 Å². The monoisotopic (exact) mass is 211 g/mol. The smallest absolute Gasteiger partial charge is 0.125 e. The highest BCUT2D eigenvalue weighted by atomic mass is 32.1. The molecule has 1 aromatic carbocycles. The van der Waals surface area contributed by atoms with Crippen molar-refractivity contribution in [3.8, 4) is 10.6 Å². The van der Waals surface area contributed by atoms with E-state index in [9.17, 15) is 0 Å². The summed E-state index contributed by atoms with van der Waals surface area (Å²) in [5, 5.41) is 4.05. The Balaban J connectivity index is 2.22. The van der Waals surface area contributed by atoms with Crippen LogP contribution in [0.4, 0.5) is 0 Å². The van der Waals surface area contributed by atoms with Gasteiger partial charge in [0, 0.05) is 22.5 Å². The van der Waals surface area contributed by atoms with Gasteiger partial charge in [0.05, 0.1) is 5.52 Å². The molecule has 3 rings (SSSR count). The Morgan fingerprint density at radius 3 is 3.00 bits per heavy atom. The summed E-state index contributed by atoms with van der Waals surface area (Å²) in [5.41, 5.74) is 1.93. The van der Waals surface area contributed by atoms with Gasteiger partial charge < -0.3 is 0 Å². The zero-order chi connectivity index (χ0) is 10.1. The standard InChI is InChI=1S/C12H7N2S/c1-2-4-11-9(3-1)7-10(8-14-11)12-13-5-6-15-12/h1-7H. The van der Waals surface area contributed by atoms with Crippen LogP contribution in [0.25, 0.3) is 21.5 Å². The summed E-state index contributed by atoms with van der Waals surface area (Å²) in [6.07, 6.45) is 4.81. The van der Waals surface area contributed by atoms with Crippen molar-refractivity contribution >= 4 is 22.2 Å². The zero-order valence-corrected chi connectivity index (χ0v) is 8.66. The van der Waals surface area contributed by atoms with Crippen molar-refractivity contribution in [3.63, 3.8) is 0 Å². The maximum Gasteiger partial charge on any atom is 0.125 e. The minimum Gasteiger partial charge on any atom is -0.245 e. The molecule has 0 atom stereocenters. The summed E-state index contributed by atoms with van der Waals surface area (Å²) in [6.45, 7) is 0. The van der Waals surface area contributed by atoms with Crippen molar-refractivity contribution in [2.24, 2.45) is 0 Å². The van der Waals surface area contributed by atoms with Gasteiger partial charge in [-0.15, -0.1) is 11.3 Å². The number of nitrogens with zero attached hydrogens (tertiary/aromatic N) is 2. The second-order valence-corrected chi connectivity index (χ2v) is 4.07. The molecule has 0 unspecified atom stereocenters. The van der Waals surface area contributed by atoms with Crippen LogP contribution in [0.1, 0.15) is 0 Å². The van der Waals surface area contributed by atoms with Crippen LogP contribution >= 0.6 is 11.3 Å². The first-order chi connectivity index (χ1) is 7.43. The van der Waals surface area contributed by atoms with Crippen molar-refractivity contribution in [1.82, 2.24) is 9.97 Å². The third kappa shape index (κ3) is 1.51. The summed E-state index contributed by atoms with van der Waals surface area (Å²) in [6, 6.07) is 10.1. The third-order valence-electron chi connectivity index (χ3n) is 2.20. The van der Waals surface area contributed by atoms with Crippen LogP contribution in [0.5, 0.6) is 0 Å². The summed E-state index contributed by atoms with van der Waals surface area (Å²) in [4.78, 5) is 8.52. The lowest BCUT2D eigenvalue weighted by Crippen LogP contribution is -1.82. The minimum atomic E-state index is 0.962. The minimum absolute atomic E-state index is 0.962. The highest BCUT2D eigenvalue weighted by molar-refractivity contribution is 7.13. The van der Waals surface area contributed by atoms with Crippen molar-refractivity contribution in [2.45, 2.75) is 0 Å². The SMILES string of the molecule is [c]1nc2ccccc2cc1-c1nccs1. The maximum absolute atomic E-state index is 4.28. The summed E-state index contributed by atoms with van der Waals surface area (Å²) >= 11 is 1.60. The number of aromatic nitrogens is 2. The van der Waals surface area contributed by atoms with E-state index >= 15 is 0 Å². The quantitative estimate of drug-likeness (QED) is 0.618. The fourth-order valence-electron chi connectivity index (χ4n) is 1.49. The highest BCUT2D eigenvalue weighted by Gasteiger charge is 2.02. The topological polar surface area (TPSA) is 25.8 Å². The predicted octanol–water partition coefficient (Wildman–Crippen LogP) is 3.16. The lowest BCUT2D eigenvalue weighted by atomic mass is 10.2. The molecule has 0 saturated heterocycles. The lowest BCUT2D eigenvalue weighted by Gasteiger charge is -1.98. The molecule has 3 heteroatoms. The van der Waals surface area contributed by atoms with Gasteiger partial charge in [0.2, 0.25) is 0 Å². The molecule has 0 N–H and O–H groups in total. The van der Waals surface area contributed by atoms with Gasteiger partial charge in [0.15, 0.2) is 0 Å². The molecule has 71 valence electrons. The number of hydrogen-bond acceptors (Lipinski definition) is 3. The van der Waals surface area contributed by atoms with Gasteiger partial charge in [-0.05, 0) is 12.1 Å². The van der Waals surface area contributed by atoms with Gasteiger partial charge in [-0.2, -0.15) is 0 Å². The Labute approximate surface area is 91.2 Å². The van der Waals surface area contributed by atoms with Crippen molar-refractivity contribution in [2.75, 3.05) is 0 Å². The molecular formula is C12H7N2S. The first-order valence-electron chi connectivity index (χ1n) is 4.61. The van der Waals surface area contributed by atoms with E-state index in [1.54, 1.807) is 17.5 Å². The predicted molar refractivity (Wildman–Crippen MR) is 61.7 cm³/mol. The van der Waals surface area contributed by atoms with E-state index in [0.717, 1.165) is 21.5 Å².